The molecule has 1 heterocycles. The van der Waals surface area contributed by atoms with Gasteiger partial charge >= 0.3 is 0 Å². The third kappa shape index (κ3) is 3.30. The second-order valence-corrected chi connectivity index (χ2v) is 4.55. The van der Waals surface area contributed by atoms with E-state index < -0.39 is 0 Å². The first-order valence-electron chi connectivity index (χ1n) is 6.40. The molecule has 0 saturated heterocycles. The molecule has 1 saturated carbocycles. The molecule has 4 nitrogen and oxygen atoms in total. The summed E-state index contributed by atoms with van der Waals surface area (Å²) in [5, 5.41) is 11.5. The molecule has 1 aromatic heterocycles. The lowest BCUT2D eigenvalue weighted by atomic mass is 9.83. The van der Waals surface area contributed by atoms with Crippen molar-refractivity contribution in [2.45, 2.75) is 45.4 Å². The molecule has 1 fully saturated rings. The molecule has 1 aromatic rings. The van der Waals surface area contributed by atoms with Crippen LogP contribution in [-0.4, -0.2) is 23.3 Å². The first kappa shape index (κ1) is 11.6. The smallest absolute Gasteiger partial charge is 0.216 e. The van der Waals surface area contributed by atoms with Crippen LogP contribution >= 0.6 is 0 Å². The molecule has 0 amide bonds. The van der Waals surface area contributed by atoms with E-state index in [1.54, 1.807) is 0 Å². The van der Waals surface area contributed by atoms with Crippen molar-refractivity contribution in [2.75, 3.05) is 13.1 Å². The van der Waals surface area contributed by atoms with Gasteiger partial charge in [-0.15, -0.1) is 10.2 Å². The number of aromatic nitrogens is 2. The lowest BCUT2D eigenvalue weighted by molar-refractivity contribution is 0.286. The lowest BCUT2D eigenvalue weighted by Gasteiger charge is -2.23. The first-order valence-corrected chi connectivity index (χ1v) is 6.40. The number of nitrogens with zero attached hydrogens (tertiary/aromatic N) is 2. The van der Waals surface area contributed by atoms with Gasteiger partial charge in [0.15, 0.2) is 0 Å². The van der Waals surface area contributed by atoms with E-state index in [4.69, 9.17) is 4.42 Å². The van der Waals surface area contributed by atoms with Crippen molar-refractivity contribution in [3.05, 3.63) is 11.8 Å². The molecule has 16 heavy (non-hydrogen) atoms. The van der Waals surface area contributed by atoms with E-state index in [9.17, 15) is 0 Å². The molecule has 0 aromatic carbocycles. The van der Waals surface area contributed by atoms with Crippen LogP contribution < -0.4 is 5.32 Å². The minimum absolute atomic E-state index is 0.798. The SMILES string of the molecule is CCNCCCc1nnc(CC2CCC2)o1. The number of rotatable bonds is 7. The van der Waals surface area contributed by atoms with Crippen LogP contribution in [0.4, 0.5) is 0 Å². The van der Waals surface area contributed by atoms with Gasteiger partial charge in [-0.2, -0.15) is 0 Å². The molecular formula is C12H21N3O. The Kier molecular flexibility index (Phi) is 4.34. The van der Waals surface area contributed by atoms with Crippen molar-refractivity contribution < 1.29 is 4.42 Å². The van der Waals surface area contributed by atoms with Gasteiger partial charge in [0, 0.05) is 12.8 Å². The fourth-order valence-corrected chi connectivity index (χ4v) is 1.96. The molecule has 0 unspecified atom stereocenters. The normalized spacial score (nSPS) is 16.3. The highest BCUT2D eigenvalue weighted by atomic mass is 16.4. The third-order valence-electron chi connectivity index (χ3n) is 3.19. The predicted octanol–water partition coefficient (Wildman–Crippen LogP) is 1.95. The van der Waals surface area contributed by atoms with Crippen molar-refractivity contribution in [2.24, 2.45) is 5.92 Å². The van der Waals surface area contributed by atoms with E-state index in [1.807, 2.05) is 0 Å². The first-order chi connectivity index (χ1) is 7.88. The van der Waals surface area contributed by atoms with Gasteiger partial charge in [0.1, 0.15) is 0 Å². The topological polar surface area (TPSA) is 51.0 Å². The van der Waals surface area contributed by atoms with Gasteiger partial charge in [-0.1, -0.05) is 13.3 Å². The molecule has 0 bridgehead atoms. The Morgan fingerprint density at radius 3 is 2.81 bits per heavy atom. The van der Waals surface area contributed by atoms with Gasteiger partial charge in [-0.25, -0.2) is 0 Å². The van der Waals surface area contributed by atoms with E-state index in [0.717, 1.165) is 50.1 Å². The zero-order valence-electron chi connectivity index (χ0n) is 10.0. The minimum Gasteiger partial charge on any atom is -0.425 e. The van der Waals surface area contributed by atoms with Crippen LogP contribution in [0.1, 0.15) is 44.4 Å². The summed E-state index contributed by atoms with van der Waals surface area (Å²) >= 11 is 0. The van der Waals surface area contributed by atoms with Gasteiger partial charge in [-0.3, -0.25) is 0 Å². The molecule has 0 spiro atoms. The van der Waals surface area contributed by atoms with E-state index >= 15 is 0 Å². The summed E-state index contributed by atoms with van der Waals surface area (Å²) < 4.78 is 5.62. The molecule has 2 rings (SSSR count). The van der Waals surface area contributed by atoms with Gasteiger partial charge in [0.2, 0.25) is 11.8 Å². The number of aryl methyl sites for hydroxylation is 1. The summed E-state index contributed by atoms with van der Waals surface area (Å²) in [6.07, 6.45) is 6.98. The molecule has 90 valence electrons. The second kappa shape index (κ2) is 5.99. The minimum atomic E-state index is 0.798. The molecule has 0 atom stereocenters. The highest BCUT2D eigenvalue weighted by Gasteiger charge is 2.20. The number of hydrogen-bond acceptors (Lipinski definition) is 4. The van der Waals surface area contributed by atoms with E-state index in [0.29, 0.717) is 0 Å². The predicted molar refractivity (Wildman–Crippen MR) is 62.2 cm³/mol. The zero-order valence-corrected chi connectivity index (χ0v) is 10.0. The molecule has 1 aliphatic rings. The van der Waals surface area contributed by atoms with E-state index in [1.165, 1.54) is 19.3 Å². The average Bonchev–Trinajstić information content (AvgIpc) is 2.67. The molecule has 1 aliphatic carbocycles. The monoisotopic (exact) mass is 223 g/mol. The van der Waals surface area contributed by atoms with Crippen molar-refractivity contribution in [1.29, 1.82) is 0 Å². The Balaban J connectivity index is 1.69. The van der Waals surface area contributed by atoms with E-state index in [-0.39, 0.29) is 0 Å². The third-order valence-corrected chi connectivity index (χ3v) is 3.19. The maximum absolute atomic E-state index is 5.62. The summed E-state index contributed by atoms with van der Waals surface area (Å²) in [7, 11) is 0. The number of nitrogens with one attached hydrogen (secondary N) is 1. The maximum atomic E-state index is 5.62. The van der Waals surface area contributed by atoms with Gasteiger partial charge < -0.3 is 9.73 Å². The highest BCUT2D eigenvalue weighted by Crippen LogP contribution is 2.29. The largest absolute Gasteiger partial charge is 0.425 e. The average molecular weight is 223 g/mol. The van der Waals surface area contributed by atoms with Crippen LogP contribution in [0.2, 0.25) is 0 Å². The van der Waals surface area contributed by atoms with Crippen LogP contribution in [0.25, 0.3) is 0 Å². The molecule has 1 N–H and O–H groups in total. The Bertz CT molecular complexity index is 307. The molecule has 4 heteroatoms. The van der Waals surface area contributed by atoms with Crippen LogP contribution in [0.5, 0.6) is 0 Å². The summed E-state index contributed by atoms with van der Waals surface area (Å²) in [5.74, 6) is 2.44. The van der Waals surface area contributed by atoms with Crippen molar-refractivity contribution in [3.63, 3.8) is 0 Å². The summed E-state index contributed by atoms with van der Waals surface area (Å²) in [5.41, 5.74) is 0. The molecule has 0 aliphatic heterocycles. The maximum Gasteiger partial charge on any atom is 0.216 e. The van der Waals surface area contributed by atoms with Crippen LogP contribution in [0, 0.1) is 5.92 Å². The van der Waals surface area contributed by atoms with Gasteiger partial charge in [0.05, 0.1) is 0 Å². The number of hydrogen-bond donors (Lipinski definition) is 1. The Morgan fingerprint density at radius 2 is 2.12 bits per heavy atom. The highest BCUT2D eigenvalue weighted by molar-refractivity contribution is 4.86. The lowest BCUT2D eigenvalue weighted by Crippen LogP contribution is -2.14. The summed E-state index contributed by atoms with van der Waals surface area (Å²) in [6.45, 7) is 4.16. The van der Waals surface area contributed by atoms with Gasteiger partial charge in [-0.05, 0) is 38.3 Å². The van der Waals surface area contributed by atoms with E-state index in [2.05, 4.69) is 22.4 Å². The van der Waals surface area contributed by atoms with Crippen molar-refractivity contribution >= 4 is 0 Å². The fourth-order valence-electron chi connectivity index (χ4n) is 1.96. The van der Waals surface area contributed by atoms with Crippen molar-refractivity contribution in [3.8, 4) is 0 Å². The fraction of sp³-hybridized carbons (Fsp3) is 0.833. The van der Waals surface area contributed by atoms with Crippen LogP contribution in [-0.2, 0) is 12.8 Å². The quantitative estimate of drug-likeness (QED) is 0.718. The van der Waals surface area contributed by atoms with Crippen LogP contribution in [0.15, 0.2) is 4.42 Å². The molecular weight excluding hydrogens is 202 g/mol. The Hall–Kier alpha value is -0.900. The standard InChI is InChI=1S/C12H21N3O/c1-2-13-8-4-7-11-14-15-12(16-11)9-10-5-3-6-10/h10,13H,2-9H2,1H3. The molecule has 0 radical (unpaired) electrons. The Morgan fingerprint density at radius 1 is 1.31 bits per heavy atom. The zero-order chi connectivity index (χ0) is 11.2. The summed E-state index contributed by atoms with van der Waals surface area (Å²) in [4.78, 5) is 0. The Labute approximate surface area is 96.8 Å². The summed E-state index contributed by atoms with van der Waals surface area (Å²) in [6, 6.07) is 0. The van der Waals surface area contributed by atoms with Crippen LogP contribution in [0.3, 0.4) is 0 Å². The van der Waals surface area contributed by atoms with Gasteiger partial charge in [0.25, 0.3) is 0 Å². The van der Waals surface area contributed by atoms with Crippen molar-refractivity contribution in [1.82, 2.24) is 15.5 Å². The second-order valence-electron chi connectivity index (χ2n) is 4.55.